The quantitative estimate of drug-likeness (QED) is 0.180. The zero-order chi connectivity index (χ0) is 34.0. The van der Waals surface area contributed by atoms with E-state index >= 15 is 0 Å². The lowest BCUT2D eigenvalue weighted by atomic mass is 9.84. The Bertz CT molecular complexity index is 2510. The summed E-state index contributed by atoms with van der Waals surface area (Å²) in [4.78, 5) is 2.31. The van der Waals surface area contributed by atoms with E-state index in [4.69, 9.17) is 0 Å². The molecule has 9 rings (SSSR count). The number of benzene rings is 6. The number of allylic oxidation sites excluding steroid dienone is 6. The number of aromatic nitrogens is 1. The first-order valence-electron chi connectivity index (χ1n) is 17.6. The molecule has 3 heteroatoms. The minimum absolute atomic E-state index is 0. The molecule has 6 aromatic carbocycles. The molecule has 2 nitrogen and oxygen atoms in total. The van der Waals surface area contributed by atoms with Gasteiger partial charge in [0.05, 0.1) is 11.0 Å². The SMILES string of the molecule is C=C1/C=C\C=C/N(c2ccc3ccccc3c2)C2=CCC(c3ccc4c(c3)c3ccccc3n4-c3cccc(-c4ccccc4)c3)C=C12.CC.S. The van der Waals surface area contributed by atoms with Gasteiger partial charge < -0.3 is 9.47 Å². The molecule has 0 saturated carbocycles. The van der Waals surface area contributed by atoms with E-state index in [9.17, 15) is 0 Å². The Balaban J connectivity index is 0.00000133. The summed E-state index contributed by atoms with van der Waals surface area (Å²) >= 11 is 0. The van der Waals surface area contributed by atoms with Crippen molar-refractivity contribution in [2.24, 2.45) is 0 Å². The summed E-state index contributed by atoms with van der Waals surface area (Å²) in [5, 5.41) is 5.03. The van der Waals surface area contributed by atoms with Gasteiger partial charge in [-0.3, -0.25) is 0 Å². The van der Waals surface area contributed by atoms with Gasteiger partial charge in [-0.15, -0.1) is 0 Å². The van der Waals surface area contributed by atoms with Crippen molar-refractivity contribution in [2.75, 3.05) is 4.90 Å². The van der Waals surface area contributed by atoms with Crippen molar-refractivity contribution >= 4 is 51.8 Å². The maximum absolute atomic E-state index is 4.50. The summed E-state index contributed by atoms with van der Waals surface area (Å²) in [7, 11) is 0. The second-order valence-corrected chi connectivity index (χ2v) is 12.7. The Morgan fingerprint density at radius 3 is 2.22 bits per heavy atom. The van der Waals surface area contributed by atoms with Crippen LogP contribution >= 0.6 is 13.5 Å². The Kier molecular flexibility index (Phi) is 9.65. The lowest BCUT2D eigenvalue weighted by molar-refractivity contribution is 0.829. The normalized spacial score (nSPS) is 16.5. The average molecular weight is 679 g/mol. The van der Waals surface area contributed by atoms with Gasteiger partial charge in [0.1, 0.15) is 0 Å². The highest BCUT2D eigenvalue weighted by molar-refractivity contribution is 7.59. The van der Waals surface area contributed by atoms with Crippen LogP contribution in [0, 0.1) is 0 Å². The summed E-state index contributed by atoms with van der Waals surface area (Å²) in [6, 6.07) is 50.6. The second-order valence-electron chi connectivity index (χ2n) is 12.7. The molecular formula is C48H42N2S. The molecule has 2 aliphatic rings. The summed E-state index contributed by atoms with van der Waals surface area (Å²) in [6.07, 6.45) is 14.2. The van der Waals surface area contributed by atoms with E-state index in [0.29, 0.717) is 0 Å². The van der Waals surface area contributed by atoms with Crippen LogP contribution in [0.2, 0.25) is 0 Å². The number of fused-ring (bicyclic) bond motifs is 5. The molecule has 250 valence electrons. The number of rotatable bonds is 4. The van der Waals surface area contributed by atoms with Crippen LogP contribution in [0.1, 0.15) is 31.7 Å². The standard InChI is InChI=1S/C46H34N2.C2H6.H2S/c1-32-12-9-10-27-47(39-24-21-34-15-5-6-16-35(34)28-39)44-25-22-37(30-42(32)44)38-23-26-46-43(31-38)41-19-7-8-20-45(41)48(46)40-18-11-17-36(29-40)33-13-3-2-4-14-33;1-2;/h2-21,23-31,37H,1,22H2;1-2H3;1H2/b12-9-,27-10-;;. The predicted molar refractivity (Wildman–Crippen MR) is 225 cm³/mol. The van der Waals surface area contributed by atoms with E-state index < -0.39 is 0 Å². The summed E-state index contributed by atoms with van der Waals surface area (Å²) in [6.45, 7) is 8.50. The molecule has 0 saturated heterocycles. The van der Waals surface area contributed by atoms with E-state index in [1.165, 1.54) is 66.2 Å². The van der Waals surface area contributed by atoms with Crippen molar-refractivity contribution in [2.45, 2.75) is 26.2 Å². The van der Waals surface area contributed by atoms with Gasteiger partial charge in [0.2, 0.25) is 0 Å². The molecule has 51 heavy (non-hydrogen) atoms. The van der Waals surface area contributed by atoms with E-state index in [1.807, 2.05) is 13.8 Å². The van der Waals surface area contributed by atoms with Gasteiger partial charge in [0, 0.05) is 45.5 Å². The first-order chi connectivity index (χ1) is 24.7. The third-order valence-electron chi connectivity index (χ3n) is 9.81. The summed E-state index contributed by atoms with van der Waals surface area (Å²) in [5.74, 6) is 0.240. The average Bonchev–Trinajstić information content (AvgIpc) is 3.52. The molecule has 0 fully saturated rings. The van der Waals surface area contributed by atoms with Crippen molar-refractivity contribution in [3.63, 3.8) is 0 Å². The molecule has 0 bridgehead atoms. The molecule has 1 aromatic heterocycles. The van der Waals surface area contributed by atoms with E-state index in [1.54, 1.807) is 0 Å². The molecule has 1 aliphatic carbocycles. The van der Waals surface area contributed by atoms with Gasteiger partial charge in [0.15, 0.2) is 0 Å². The Labute approximate surface area is 308 Å². The van der Waals surface area contributed by atoms with Crippen molar-refractivity contribution in [3.8, 4) is 16.8 Å². The van der Waals surface area contributed by atoms with Gasteiger partial charge in [-0.2, -0.15) is 13.5 Å². The van der Waals surface area contributed by atoms with Gasteiger partial charge in [0.25, 0.3) is 0 Å². The zero-order valence-electron chi connectivity index (χ0n) is 29.1. The third kappa shape index (κ3) is 6.26. The van der Waals surface area contributed by atoms with Crippen LogP contribution in [0.4, 0.5) is 5.69 Å². The Morgan fingerprint density at radius 1 is 0.608 bits per heavy atom. The van der Waals surface area contributed by atoms with Crippen molar-refractivity contribution < 1.29 is 0 Å². The molecule has 1 aliphatic heterocycles. The van der Waals surface area contributed by atoms with Gasteiger partial charge in [-0.25, -0.2) is 0 Å². The highest BCUT2D eigenvalue weighted by atomic mass is 32.1. The van der Waals surface area contributed by atoms with Crippen LogP contribution in [-0.4, -0.2) is 4.57 Å². The number of anilines is 1. The van der Waals surface area contributed by atoms with Crippen molar-refractivity contribution in [1.29, 1.82) is 0 Å². The van der Waals surface area contributed by atoms with Crippen molar-refractivity contribution in [3.05, 3.63) is 205 Å². The number of hydrogen-bond acceptors (Lipinski definition) is 1. The maximum Gasteiger partial charge on any atom is 0.0541 e. The third-order valence-corrected chi connectivity index (χ3v) is 9.81. The van der Waals surface area contributed by atoms with Crippen LogP contribution in [0.5, 0.6) is 0 Å². The first-order valence-corrected chi connectivity index (χ1v) is 17.6. The monoisotopic (exact) mass is 678 g/mol. The molecule has 1 unspecified atom stereocenters. The van der Waals surface area contributed by atoms with Gasteiger partial charge in [-0.1, -0.05) is 142 Å². The molecule has 0 N–H and O–H groups in total. The zero-order valence-corrected chi connectivity index (χ0v) is 30.1. The minimum Gasteiger partial charge on any atom is -0.317 e. The smallest absolute Gasteiger partial charge is 0.0541 e. The minimum atomic E-state index is 0. The van der Waals surface area contributed by atoms with Crippen LogP contribution in [0.3, 0.4) is 0 Å². The van der Waals surface area contributed by atoms with E-state index in [-0.39, 0.29) is 19.4 Å². The topological polar surface area (TPSA) is 8.17 Å². The molecule has 0 radical (unpaired) electrons. The highest BCUT2D eigenvalue weighted by Gasteiger charge is 2.24. The fourth-order valence-electron chi connectivity index (χ4n) is 7.42. The molecular weight excluding hydrogens is 637 g/mol. The van der Waals surface area contributed by atoms with Gasteiger partial charge >= 0.3 is 0 Å². The molecule has 0 spiro atoms. The summed E-state index contributed by atoms with van der Waals surface area (Å²) in [5.41, 5.74) is 11.9. The second kappa shape index (κ2) is 14.6. The van der Waals surface area contributed by atoms with E-state index in [2.05, 4.69) is 192 Å². The van der Waals surface area contributed by atoms with E-state index in [0.717, 1.165) is 17.7 Å². The lowest BCUT2D eigenvalue weighted by Gasteiger charge is -2.31. The highest BCUT2D eigenvalue weighted by Crippen LogP contribution is 2.41. The van der Waals surface area contributed by atoms with Crippen LogP contribution in [0.15, 0.2) is 200 Å². The predicted octanol–water partition coefficient (Wildman–Crippen LogP) is 13.2. The van der Waals surface area contributed by atoms with Crippen LogP contribution in [-0.2, 0) is 0 Å². The Hall–Kier alpha value is -5.77. The number of para-hydroxylation sites is 1. The largest absolute Gasteiger partial charge is 0.317 e. The fourth-order valence-corrected chi connectivity index (χ4v) is 7.42. The number of nitrogens with zero attached hydrogens (tertiary/aromatic N) is 2. The number of hydrogen-bond donors (Lipinski definition) is 0. The lowest BCUT2D eigenvalue weighted by Crippen LogP contribution is -2.21. The Morgan fingerprint density at radius 2 is 1.35 bits per heavy atom. The molecule has 1 atom stereocenters. The van der Waals surface area contributed by atoms with Crippen molar-refractivity contribution in [1.82, 2.24) is 4.57 Å². The van der Waals surface area contributed by atoms with Crippen LogP contribution < -0.4 is 4.90 Å². The summed E-state index contributed by atoms with van der Waals surface area (Å²) < 4.78 is 2.41. The maximum atomic E-state index is 4.50. The first kappa shape index (κ1) is 33.7. The molecule has 0 amide bonds. The fraction of sp³-hybridized carbons (Fsp3) is 0.0833. The molecule has 7 aromatic rings. The van der Waals surface area contributed by atoms with Gasteiger partial charge in [-0.05, 0) is 88.0 Å². The molecule has 2 heterocycles. The van der Waals surface area contributed by atoms with Crippen LogP contribution in [0.25, 0.3) is 49.4 Å².